The third-order valence-corrected chi connectivity index (χ3v) is 8.29. The number of hydrogen-bond acceptors (Lipinski definition) is 12. The fraction of sp³-hybridized carbons (Fsp3) is 0.333. The second-order valence-corrected chi connectivity index (χ2v) is 13.4. The summed E-state index contributed by atoms with van der Waals surface area (Å²) in [6.45, 7) is 14.7. The molecule has 0 radical (unpaired) electrons. The number of carbonyl (C=O) groups is 4. The number of pyridine rings is 2. The van der Waals surface area contributed by atoms with Gasteiger partial charge in [-0.05, 0) is 86.1 Å². The van der Waals surface area contributed by atoms with Crippen LogP contribution in [0.15, 0.2) is 104 Å². The number of primary amides is 2. The van der Waals surface area contributed by atoms with Crippen molar-refractivity contribution in [1.29, 1.82) is 0 Å². The van der Waals surface area contributed by atoms with Crippen LogP contribution in [-0.2, 0) is 32.3 Å². The van der Waals surface area contributed by atoms with Gasteiger partial charge in [-0.1, -0.05) is 82.1 Å². The molecule has 2 heterocycles. The van der Waals surface area contributed by atoms with E-state index in [0.717, 1.165) is 28.7 Å². The van der Waals surface area contributed by atoms with E-state index in [4.69, 9.17) is 35.9 Å². The number of aliphatic hydroxyl groups excluding tert-OH is 2. The summed E-state index contributed by atoms with van der Waals surface area (Å²) in [5.41, 5.74) is 14.9. The van der Waals surface area contributed by atoms with E-state index < -0.39 is 23.2 Å². The Morgan fingerprint density at radius 2 is 1.24 bits per heavy atom. The third-order valence-electron chi connectivity index (χ3n) is 8.29. The number of ether oxygens (including phenoxy) is 4. The number of nitrogens with two attached hydrogens (primary N) is 2. The summed E-state index contributed by atoms with van der Waals surface area (Å²) in [6.07, 6.45) is 6.39. The van der Waals surface area contributed by atoms with Gasteiger partial charge in [0.25, 0.3) is 11.8 Å². The molecule has 14 heteroatoms. The van der Waals surface area contributed by atoms with Crippen LogP contribution in [0.2, 0.25) is 0 Å². The van der Waals surface area contributed by atoms with E-state index in [-0.39, 0.29) is 75.2 Å². The first-order valence-electron chi connectivity index (χ1n) is 18.4. The number of carbonyl (C=O) groups excluding carboxylic acids is 4. The van der Waals surface area contributed by atoms with Crippen molar-refractivity contribution >= 4 is 29.8 Å². The molecule has 1 atom stereocenters. The van der Waals surface area contributed by atoms with Crippen molar-refractivity contribution in [3.63, 3.8) is 0 Å². The van der Waals surface area contributed by atoms with E-state index in [1.54, 1.807) is 49.7 Å². The first-order chi connectivity index (χ1) is 27.7. The fourth-order valence-corrected chi connectivity index (χ4v) is 5.12. The topological polar surface area (TPSA) is 223 Å². The molecule has 0 saturated carbocycles. The van der Waals surface area contributed by atoms with Crippen LogP contribution in [0, 0.1) is 5.41 Å². The Morgan fingerprint density at radius 1 is 0.780 bits per heavy atom. The molecule has 0 aliphatic rings. The van der Waals surface area contributed by atoms with Crippen LogP contribution >= 0.6 is 0 Å². The Kier molecular flexibility index (Phi) is 22.8. The average Bonchev–Trinajstić information content (AvgIpc) is 3.23. The molecule has 2 aromatic heterocycles. The number of amides is 2. The summed E-state index contributed by atoms with van der Waals surface area (Å²) in [7, 11) is 0. The number of nitrogens with zero attached hydrogens (tertiary/aromatic N) is 2. The predicted molar refractivity (Wildman–Crippen MR) is 226 cm³/mol. The smallest absolute Gasteiger partial charge is 0.333 e. The number of hydrogen-bond donors (Lipinski definition) is 4. The molecular formula is C45H58N4O10. The van der Waals surface area contributed by atoms with E-state index in [1.165, 1.54) is 0 Å². The minimum Gasteiger partial charge on any atom is -0.472 e. The Bertz CT molecular complexity index is 1950. The van der Waals surface area contributed by atoms with E-state index in [2.05, 4.69) is 34.8 Å². The molecule has 0 bridgehead atoms. The number of aromatic nitrogens is 2. The Hall–Kier alpha value is -6.38. The first-order valence-corrected chi connectivity index (χ1v) is 18.4. The molecule has 318 valence electrons. The van der Waals surface area contributed by atoms with E-state index in [0.29, 0.717) is 18.6 Å². The van der Waals surface area contributed by atoms with Crippen LogP contribution in [0.3, 0.4) is 0 Å². The second-order valence-electron chi connectivity index (χ2n) is 13.4. The second kappa shape index (κ2) is 26.5. The quantitative estimate of drug-likeness (QED) is 0.0601. The van der Waals surface area contributed by atoms with E-state index in [9.17, 15) is 19.2 Å². The van der Waals surface area contributed by atoms with Gasteiger partial charge in [0.05, 0.1) is 18.6 Å². The van der Waals surface area contributed by atoms with Gasteiger partial charge in [0.1, 0.15) is 37.6 Å². The van der Waals surface area contributed by atoms with Gasteiger partial charge in [-0.15, -0.1) is 0 Å². The van der Waals surface area contributed by atoms with E-state index >= 15 is 0 Å². The molecule has 59 heavy (non-hydrogen) atoms. The number of esters is 2. The normalized spacial score (nSPS) is 10.7. The minimum atomic E-state index is -0.651. The molecule has 1 unspecified atom stereocenters. The standard InChI is InChI=1S/C23H30N2O5.C15H14N2O2.C6H10O3.CH4/c1-4-17(14-23(2,3)22(28)29-13-12-26)18-9-7-16(8-10-18)15-30-21-19(20(24)27)6-5-11-25-21;1-2-11-5-7-12(8-6-11)10-19-15-13(14(16)18)4-3-9-17-15;1-5(2)6(8)9-4-3-7;/h5-11,17,26H,4,12-15H2,1-3H3,(H2,24,27);2-9H,1,10H2,(H2,16,18);7H,1,3-4H2,2H3;1H4. The highest BCUT2D eigenvalue weighted by Crippen LogP contribution is 2.35. The van der Waals surface area contributed by atoms with Crippen LogP contribution in [0.5, 0.6) is 11.8 Å². The average molecular weight is 815 g/mol. The Morgan fingerprint density at radius 3 is 1.64 bits per heavy atom. The highest BCUT2D eigenvalue weighted by Gasteiger charge is 2.32. The van der Waals surface area contributed by atoms with Gasteiger partial charge in [0, 0.05) is 18.0 Å². The Balaban J connectivity index is 0.000000510. The highest BCUT2D eigenvalue weighted by atomic mass is 16.5. The van der Waals surface area contributed by atoms with Crippen molar-refractivity contribution in [3.8, 4) is 11.8 Å². The monoisotopic (exact) mass is 814 g/mol. The van der Waals surface area contributed by atoms with E-state index in [1.807, 2.05) is 62.4 Å². The summed E-state index contributed by atoms with van der Waals surface area (Å²) in [5, 5.41) is 17.0. The highest BCUT2D eigenvalue weighted by molar-refractivity contribution is 5.95. The lowest BCUT2D eigenvalue weighted by Crippen LogP contribution is -2.29. The summed E-state index contributed by atoms with van der Waals surface area (Å²) in [5.74, 6) is -1.24. The van der Waals surface area contributed by atoms with Crippen LogP contribution in [0.1, 0.15) is 96.9 Å². The van der Waals surface area contributed by atoms with Crippen LogP contribution in [0.4, 0.5) is 0 Å². The SMILES string of the molecule is C.C=C(C)C(=O)OCCO.C=Cc1ccc(COc2ncccc2C(N)=O)cc1.CCC(CC(C)(C)C(=O)OCCO)c1ccc(COc2ncccc2C(N)=O)cc1. The van der Waals surface area contributed by atoms with Crippen LogP contribution in [0.25, 0.3) is 6.08 Å². The van der Waals surface area contributed by atoms with Gasteiger partial charge in [-0.2, -0.15) is 0 Å². The molecule has 0 aliphatic heterocycles. The lowest BCUT2D eigenvalue weighted by atomic mass is 9.78. The van der Waals surface area contributed by atoms with Crippen molar-refractivity contribution < 1.29 is 48.3 Å². The Labute approximate surface area is 346 Å². The lowest BCUT2D eigenvalue weighted by molar-refractivity contribution is -0.155. The van der Waals surface area contributed by atoms with Crippen molar-refractivity contribution in [1.82, 2.24) is 9.97 Å². The fourth-order valence-electron chi connectivity index (χ4n) is 5.12. The van der Waals surface area contributed by atoms with Gasteiger partial charge in [-0.25, -0.2) is 14.8 Å². The molecule has 4 rings (SSSR count). The molecule has 0 saturated heterocycles. The maximum atomic E-state index is 12.3. The number of aliphatic hydroxyl groups is 2. The molecular weight excluding hydrogens is 757 g/mol. The molecule has 2 amide bonds. The van der Waals surface area contributed by atoms with Gasteiger partial charge in [-0.3, -0.25) is 14.4 Å². The first kappa shape index (κ1) is 50.6. The lowest BCUT2D eigenvalue weighted by Gasteiger charge is -2.27. The number of benzene rings is 2. The number of rotatable bonds is 19. The molecule has 0 fully saturated rings. The molecule has 0 spiro atoms. The predicted octanol–water partition coefficient (Wildman–Crippen LogP) is 6.34. The van der Waals surface area contributed by atoms with Crippen molar-refractivity contribution in [2.75, 3.05) is 26.4 Å². The van der Waals surface area contributed by atoms with Crippen LogP contribution < -0.4 is 20.9 Å². The van der Waals surface area contributed by atoms with Crippen molar-refractivity contribution in [2.24, 2.45) is 16.9 Å². The zero-order chi connectivity index (χ0) is 43.1. The molecule has 0 aliphatic carbocycles. The maximum absolute atomic E-state index is 12.3. The molecule has 2 aromatic carbocycles. The van der Waals surface area contributed by atoms with Crippen molar-refractivity contribution in [2.45, 2.75) is 67.1 Å². The van der Waals surface area contributed by atoms with Gasteiger partial charge in [0.15, 0.2) is 0 Å². The summed E-state index contributed by atoms with van der Waals surface area (Å²) in [6, 6.07) is 22.2. The van der Waals surface area contributed by atoms with Crippen molar-refractivity contribution in [3.05, 3.63) is 137 Å². The zero-order valence-corrected chi connectivity index (χ0v) is 33.5. The summed E-state index contributed by atoms with van der Waals surface area (Å²) < 4.78 is 20.8. The summed E-state index contributed by atoms with van der Waals surface area (Å²) >= 11 is 0. The summed E-state index contributed by atoms with van der Waals surface area (Å²) in [4.78, 5) is 53.5. The zero-order valence-electron chi connectivity index (χ0n) is 33.5. The third kappa shape index (κ3) is 17.7. The van der Waals surface area contributed by atoms with Gasteiger partial charge < -0.3 is 40.6 Å². The largest absolute Gasteiger partial charge is 0.472 e. The maximum Gasteiger partial charge on any atom is 0.333 e. The molecule has 6 N–H and O–H groups in total. The van der Waals surface area contributed by atoms with Crippen LogP contribution in [-0.4, -0.2) is 70.4 Å². The molecule has 14 nitrogen and oxygen atoms in total. The molecule has 4 aromatic rings. The minimum absolute atomic E-state index is 0. The van der Waals surface area contributed by atoms with Gasteiger partial charge >= 0.3 is 11.9 Å². The van der Waals surface area contributed by atoms with Gasteiger partial charge in [0.2, 0.25) is 11.8 Å².